The molecule has 2 rings (SSSR count). The van der Waals surface area contributed by atoms with Crippen molar-refractivity contribution in [2.24, 2.45) is 0 Å². The number of aliphatic hydroxyl groups excluding tert-OH is 1. The summed E-state index contributed by atoms with van der Waals surface area (Å²) in [6.45, 7) is 5.24. The van der Waals surface area contributed by atoms with Gasteiger partial charge < -0.3 is 15.5 Å². The highest BCUT2D eigenvalue weighted by atomic mass is 32.1. The topological polar surface area (TPSA) is 95.3 Å². The number of nitrogens with one attached hydrogen (secondary N) is 1. The number of carboxylic acids is 1. The van der Waals surface area contributed by atoms with E-state index in [0.717, 1.165) is 21.5 Å². The van der Waals surface area contributed by atoms with Gasteiger partial charge in [-0.2, -0.15) is 0 Å². The van der Waals surface area contributed by atoms with Gasteiger partial charge in [0.05, 0.1) is 11.5 Å². The van der Waals surface area contributed by atoms with E-state index < -0.39 is 18.1 Å². The van der Waals surface area contributed by atoms with Gasteiger partial charge >= 0.3 is 5.97 Å². The fourth-order valence-corrected chi connectivity index (χ4v) is 2.91. The second-order valence-electron chi connectivity index (χ2n) is 4.61. The zero-order valence-electron chi connectivity index (χ0n) is 11.5. The largest absolute Gasteiger partial charge is 0.480 e. The Morgan fingerprint density at radius 1 is 1.50 bits per heavy atom. The average molecular weight is 295 g/mol. The quantitative estimate of drug-likeness (QED) is 0.778. The maximum atomic E-state index is 11.2. The number of nitrogens with zero attached hydrogens (tertiary/aromatic N) is 2. The molecule has 0 amide bonds. The average Bonchev–Trinajstić information content (AvgIpc) is 2.77. The first-order valence-electron chi connectivity index (χ1n) is 6.36. The molecule has 2 atom stereocenters. The van der Waals surface area contributed by atoms with Crippen molar-refractivity contribution in [1.29, 1.82) is 0 Å². The lowest BCUT2D eigenvalue weighted by atomic mass is 10.2. The molecule has 0 bridgehead atoms. The Kier molecular flexibility index (Phi) is 4.20. The molecular formula is C13H17N3O3S. The zero-order valence-corrected chi connectivity index (χ0v) is 12.4. The van der Waals surface area contributed by atoms with E-state index in [1.807, 2.05) is 13.0 Å². The van der Waals surface area contributed by atoms with Crippen LogP contribution in [0.15, 0.2) is 6.07 Å². The molecule has 0 aromatic carbocycles. The van der Waals surface area contributed by atoms with Gasteiger partial charge in [-0.25, -0.2) is 14.8 Å². The number of aliphatic carboxylic acids is 1. The van der Waals surface area contributed by atoms with Crippen molar-refractivity contribution < 1.29 is 15.0 Å². The Morgan fingerprint density at radius 2 is 2.20 bits per heavy atom. The van der Waals surface area contributed by atoms with Crippen LogP contribution in [0, 0.1) is 6.92 Å². The number of aliphatic hydroxyl groups is 1. The predicted molar refractivity (Wildman–Crippen MR) is 78.3 cm³/mol. The van der Waals surface area contributed by atoms with Crippen LogP contribution in [0.4, 0.5) is 5.82 Å². The summed E-state index contributed by atoms with van der Waals surface area (Å²) in [6.07, 6.45) is -0.139. The van der Waals surface area contributed by atoms with E-state index in [0.29, 0.717) is 11.6 Å². The highest BCUT2D eigenvalue weighted by Crippen LogP contribution is 2.29. The van der Waals surface area contributed by atoms with E-state index in [1.54, 1.807) is 18.3 Å². The lowest BCUT2D eigenvalue weighted by Gasteiger charge is -2.18. The van der Waals surface area contributed by atoms with Crippen LogP contribution in [0.3, 0.4) is 0 Å². The Hall–Kier alpha value is -1.73. The minimum absolute atomic E-state index is 0.455. The van der Waals surface area contributed by atoms with Crippen molar-refractivity contribution in [1.82, 2.24) is 9.97 Å². The number of hydrogen-bond acceptors (Lipinski definition) is 6. The molecule has 0 saturated carbocycles. The van der Waals surface area contributed by atoms with E-state index in [2.05, 4.69) is 15.3 Å². The number of aryl methyl sites for hydroxylation is 2. The first-order valence-corrected chi connectivity index (χ1v) is 7.18. The molecule has 0 saturated heterocycles. The Labute approximate surface area is 120 Å². The summed E-state index contributed by atoms with van der Waals surface area (Å²) in [5, 5.41) is 22.3. The normalized spacial score (nSPS) is 14.2. The maximum Gasteiger partial charge on any atom is 0.328 e. The number of fused-ring (bicyclic) bond motifs is 1. The number of thiophene rings is 1. The van der Waals surface area contributed by atoms with E-state index in [1.165, 1.54) is 6.92 Å². The van der Waals surface area contributed by atoms with Gasteiger partial charge in [-0.05, 0) is 26.3 Å². The van der Waals surface area contributed by atoms with Gasteiger partial charge in [-0.1, -0.05) is 6.92 Å². The van der Waals surface area contributed by atoms with Crippen LogP contribution in [0.1, 0.15) is 24.5 Å². The molecule has 6 nitrogen and oxygen atoms in total. The summed E-state index contributed by atoms with van der Waals surface area (Å²) >= 11 is 1.57. The van der Waals surface area contributed by atoms with Gasteiger partial charge in [0.15, 0.2) is 6.04 Å². The molecule has 0 aliphatic heterocycles. The fourth-order valence-electron chi connectivity index (χ4n) is 1.90. The molecule has 20 heavy (non-hydrogen) atoms. The summed E-state index contributed by atoms with van der Waals surface area (Å²) < 4.78 is 0. The highest BCUT2D eigenvalue weighted by molar-refractivity contribution is 7.18. The number of carboxylic acid groups (broad SMARTS) is 1. The standard InChI is InChI=1S/C13H17N3O3S/c1-4-8-5-9-11(14-7(3)15-12(9)20-8)16-10(6(2)17)13(18)19/h5-6,10,17H,4H2,1-3H3,(H,18,19)(H,14,15,16)/t6-,10-/m1/s1. The maximum absolute atomic E-state index is 11.2. The second-order valence-corrected chi connectivity index (χ2v) is 5.72. The van der Waals surface area contributed by atoms with Crippen LogP contribution in [-0.4, -0.2) is 38.3 Å². The third-order valence-corrected chi connectivity index (χ3v) is 4.12. The van der Waals surface area contributed by atoms with Gasteiger partial charge in [-0.15, -0.1) is 11.3 Å². The molecule has 0 radical (unpaired) electrons. The first kappa shape index (κ1) is 14.7. The molecule has 3 N–H and O–H groups in total. The van der Waals surface area contributed by atoms with E-state index in [4.69, 9.17) is 5.11 Å². The van der Waals surface area contributed by atoms with Gasteiger partial charge in [-0.3, -0.25) is 0 Å². The lowest BCUT2D eigenvalue weighted by molar-refractivity contribution is -0.140. The Balaban J connectivity index is 2.47. The number of aromatic nitrogens is 2. The molecule has 2 heterocycles. The van der Waals surface area contributed by atoms with Gasteiger partial charge in [0.2, 0.25) is 0 Å². The highest BCUT2D eigenvalue weighted by Gasteiger charge is 2.24. The van der Waals surface area contributed by atoms with E-state index >= 15 is 0 Å². The minimum Gasteiger partial charge on any atom is -0.480 e. The van der Waals surface area contributed by atoms with Gasteiger partial charge in [0.1, 0.15) is 16.5 Å². The molecular weight excluding hydrogens is 278 g/mol. The molecule has 0 aliphatic rings. The number of hydrogen-bond donors (Lipinski definition) is 3. The fraction of sp³-hybridized carbons (Fsp3) is 0.462. The number of carbonyl (C=O) groups is 1. The summed E-state index contributed by atoms with van der Waals surface area (Å²) in [4.78, 5) is 21.8. The van der Waals surface area contributed by atoms with Crippen LogP contribution in [0.2, 0.25) is 0 Å². The first-order chi connectivity index (χ1) is 9.42. The Morgan fingerprint density at radius 3 is 2.75 bits per heavy atom. The lowest BCUT2D eigenvalue weighted by Crippen LogP contribution is -2.39. The van der Waals surface area contributed by atoms with Crippen molar-refractivity contribution in [3.8, 4) is 0 Å². The minimum atomic E-state index is -1.12. The summed E-state index contributed by atoms with van der Waals surface area (Å²) in [7, 11) is 0. The van der Waals surface area contributed by atoms with Gasteiger partial charge in [0.25, 0.3) is 0 Å². The van der Waals surface area contributed by atoms with Crippen LogP contribution in [-0.2, 0) is 11.2 Å². The van der Waals surface area contributed by atoms with Crippen molar-refractivity contribution in [2.45, 2.75) is 39.3 Å². The molecule has 2 aromatic heterocycles. The monoisotopic (exact) mass is 295 g/mol. The zero-order chi connectivity index (χ0) is 14.9. The molecule has 0 spiro atoms. The van der Waals surface area contributed by atoms with Gasteiger partial charge in [0, 0.05) is 4.88 Å². The number of anilines is 1. The van der Waals surface area contributed by atoms with E-state index in [9.17, 15) is 9.90 Å². The van der Waals surface area contributed by atoms with Crippen molar-refractivity contribution in [3.63, 3.8) is 0 Å². The third kappa shape index (κ3) is 2.88. The molecule has 2 aromatic rings. The Bertz CT molecular complexity index is 639. The SMILES string of the molecule is CCc1cc2c(N[C@@H](C(=O)O)[C@@H](C)O)nc(C)nc2s1. The molecule has 108 valence electrons. The molecule has 0 aliphatic carbocycles. The van der Waals surface area contributed by atoms with Crippen molar-refractivity contribution >= 4 is 33.3 Å². The molecule has 0 fully saturated rings. The molecule has 0 unspecified atom stereocenters. The van der Waals surface area contributed by atoms with Crippen LogP contribution in [0.25, 0.3) is 10.2 Å². The van der Waals surface area contributed by atoms with Crippen LogP contribution in [0.5, 0.6) is 0 Å². The number of rotatable bonds is 5. The van der Waals surface area contributed by atoms with E-state index in [-0.39, 0.29) is 0 Å². The summed E-state index contributed by atoms with van der Waals surface area (Å²) in [5.41, 5.74) is 0. The van der Waals surface area contributed by atoms with Crippen LogP contribution >= 0.6 is 11.3 Å². The summed E-state index contributed by atoms with van der Waals surface area (Å²) in [6, 6.07) is 0.861. The predicted octanol–water partition coefficient (Wildman–Crippen LogP) is 1.81. The smallest absolute Gasteiger partial charge is 0.328 e. The second kappa shape index (κ2) is 5.72. The third-order valence-electron chi connectivity index (χ3n) is 2.94. The van der Waals surface area contributed by atoms with Crippen molar-refractivity contribution in [3.05, 3.63) is 16.8 Å². The van der Waals surface area contributed by atoms with Crippen molar-refractivity contribution in [2.75, 3.05) is 5.32 Å². The van der Waals surface area contributed by atoms with Crippen LogP contribution < -0.4 is 5.32 Å². The molecule has 7 heteroatoms. The summed E-state index contributed by atoms with van der Waals surface area (Å²) in [5.74, 6) is -0.0913.